The van der Waals surface area contributed by atoms with Gasteiger partial charge in [0.25, 0.3) is 0 Å². The fourth-order valence-corrected chi connectivity index (χ4v) is 3.66. The Morgan fingerprint density at radius 2 is 1.78 bits per heavy atom. The van der Waals surface area contributed by atoms with E-state index in [0.717, 1.165) is 24.0 Å². The Balaban J connectivity index is 1.98. The van der Waals surface area contributed by atoms with Gasteiger partial charge in [-0.1, -0.05) is 0 Å². The lowest BCUT2D eigenvalue weighted by atomic mass is 10.0. The standard InChI is InChI=1S/C17H21NO5/c1-21-14-8-10-4-5-12(11(10)9-15(14)22-2)18-13(17(20)23-3)6-7-16(18)19/h8-9,12-13H,4-7H2,1-3H3. The lowest BCUT2D eigenvalue weighted by Gasteiger charge is -2.30. The van der Waals surface area contributed by atoms with E-state index in [1.54, 1.807) is 19.1 Å². The molecule has 2 aliphatic rings. The number of esters is 1. The zero-order chi connectivity index (χ0) is 16.6. The van der Waals surface area contributed by atoms with E-state index in [4.69, 9.17) is 14.2 Å². The molecular formula is C17H21NO5. The van der Waals surface area contributed by atoms with Crippen molar-refractivity contribution in [2.24, 2.45) is 0 Å². The van der Waals surface area contributed by atoms with Gasteiger partial charge in [0.2, 0.25) is 5.91 Å². The summed E-state index contributed by atoms with van der Waals surface area (Å²) >= 11 is 0. The second-order valence-electron chi connectivity index (χ2n) is 5.84. The second-order valence-corrected chi connectivity index (χ2v) is 5.84. The van der Waals surface area contributed by atoms with Crippen LogP contribution >= 0.6 is 0 Å². The molecule has 0 spiro atoms. The summed E-state index contributed by atoms with van der Waals surface area (Å²) in [7, 11) is 4.56. The first kappa shape index (κ1) is 15.6. The van der Waals surface area contributed by atoms with Crippen molar-refractivity contribution in [2.45, 2.75) is 37.8 Å². The van der Waals surface area contributed by atoms with Crippen molar-refractivity contribution in [3.63, 3.8) is 0 Å². The number of ether oxygens (including phenoxy) is 3. The summed E-state index contributed by atoms with van der Waals surface area (Å²) in [6.07, 6.45) is 2.55. The molecule has 0 radical (unpaired) electrons. The van der Waals surface area contributed by atoms with Gasteiger partial charge < -0.3 is 19.1 Å². The van der Waals surface area contributed by atoms with Gasteiger partial charge in [0.05, 0.1) is 27.4 Å². The highest BCUT2D eigenvalue weighted by Gasteiger charge is 2.43. The molecule has 0 saturated carbocycles. The highest BCUT2D eigenvalue weighted by molar-refractivity contribution is 5.88. The Morgan fingerprint density at radius 1 is 1.09 bits per heavy atom. The summed E-state index contributed by atoms with van der Waals surface area (Å²) in [5.41, 5.74) is 2.17. The number of fused-ring (bicyclic) bond motifs is 1. The SMILES string of the molecule is COC(=O)C1CCC(=O)N1C1CCc2cc(OC)c(OC)cc21. The fourth-order valence-electron chi connectivity index (χ4n) is 3.66. The summed E-state index contributed by atoms with van der Waals surface area (Å²) in [6.45, 7) is 0. The van der Waals surface area contributed by atoms with Gasteiger partial charge in [-0.15, -0.1) is 0 Å². The number of carbonyl (C=O) groups is 2. The molecule has 6 heteroatoms. The topological polar surface area (TPSA) is 65.1 Å². The van der Waals surface area contributed by atoms with Crippen molar-refractivity contribution >= 4 is 11.9 Å². The molecule has 1 aliphatic carbocycles. The Hall–Kier alpha value is -2.24. The Kier molecular flexibility index (Phi) is 4.15. The van der Waals surface area contributed by atoms with E-state index in [1.807, 2.05) is 12.1 Å². The molecule has 124 valence electrons. The summed E-state index contributed by atoms with van der Waals surface area (Å²) in [5, 5.41) is 0. The fraction of sp³-hybridized carbons (Fsp3) is 0.529. The summed E-state index contributed by atoms with van der Waals surface area (Å²) in [4.78, 5) is 26.0. The average molecular weight is 319 g/mol. The first-order chi connectivity index (χ1) is 11.1. The highest BCUT2D eigenvalue weighted by atomic mass is 16.5. The molecule has 1 aromatic rings. The Bertz CT molecular complexity index is 642. The third-order valence-electron chi connectivity index (χ3n) is 4.76. The summed E-state index contributed by atoms with van der Waals surface area (Å²) < 4.78 is 15.6. The number of rotatable bonds is 4. The van der Waals surface area contributed by atoms with E-state index in [2.05, 4.69) is 0 Å². The van der Waals surface area contributed by atoms with Crippen molar-refractivity contribution in [3.8, 4) is 11.5 Å². The third-order valence-corrected chi connectivity index (χ3v) is 4.76. The van der Waals surface area contributed by atoms with Crippen LogP contribution in [0.4, 0.5) is 0 Å². The van der Waals surface area contributed by atoms with Crippen LogP contribution in [0.2, 0.25) is 0 Å². The van der Waals surface area contributed by atoms with Crippen LogP contribution in [0.3, 0.4) is 0 Å². The van der Waals surface area contributed by atoms with Crippen LogP contribution in [-0.4, -0.2) is 44.1 Å². The molecule has 6 nitrogen and oxygen atoms in total. The lowest BCUT2D eigenvalue weighted by Crippen LogP contribution is -2.41. The van der Waals surface area contributed by atoms with Gasteiger partial charge in [0.1, 0.15) is 6.04 Å². The molecule has 3 rings (SSSR count). The van der Waals surface area contributed by atoms with Gasteiger partial charge in [0, 0.05) is 6.42 Å². The quantitative estimate of drug-likeness (QED) is 0.793. The van der Waals surface area contributed by atoms with Gasteiger partial charge >= 0.3 is 5.97 Å². The maximum absolute atomic E-state index is 12.3. The van der Waals surface area contributed by atoms with E-state index in [0.29, 0.717) is 24.3 Å². The summed E-state index contributed by atoms with van der Waals surface area (Å²) in [6, 6.07) is 3.29. The van der Waals surface area contributed by atoms with Gasteiger partial charge in [-0.25, -0.2) is 4.79 Å². The molecule has 1 fully saturated rings. The molecule has 0 bridgehead atoms. The minimum atomic E-state index is -0.489. The Morgan fingerprint density at radius 3 is 2.43 bits per heavy atom. The van der Waals surface area contributed by atoms with Crippen LogP contribution in [0.5, 0.6) is 11.5 Å². The predicted octanol–water partition coefficient (Wildman–Crippen LogP) is 1.86. The molecule has 2 atom stereocenters. The number of nitrogens with zero attached hydrogens (tertiary/aromatic N) is 1. The maximum atomic E-state index is 12.3. The molecule has 1 heterocycles. The normalized spacial score (nSPS) is 22.9. The number of likely N-dealkylation sites (tertiary alicyclic amines) is 1. The Labute approximate surface area is 135 Å². The average Bonchev–Trinajstić information content (AvgIpc) is 3.15. The zero-order valence-corrected chi connectivity index (χ0v) is 13.6. The molecule has 1 saturated heterocycles. The number of carbonyl (C=O) groups excluding carboxylic acids is 2. The van der Waals surface area contributed by atoms with Crippen molar-refractivity contribution in [1.82, 2.24) is 4.90 Å². The first-order valence-electron chi connectivity index (χ1n) is 7.74. The van der Waals surface area contributed by atoms with E-state index in [-0.39, 0.29) is 17.9 Å². The van der Waals surface area contributed by atoms with Gasteiger partial charge in [-0.2, -0.15) is 0 Å². The van der Waals surface area contributed by atoms with Crippen LogP contribution in [0.15, 0.2) is 12.1 Å². The number of methoxy groups -OCH3 is 3. The number of hydrogen-bond donors (Lipinski definition) is 0. The minimum Gasteiger partial charge on any atom is -0.493 e. The molecule has 0 N–H and O–H groups in total. The second kappa shape index (κ2) is 6.10. The minimum absolute atomic E-state index is 0.00744. The van der Waals surface area contributed by atoms with Crippen molar-refractivity contribution in [2.75, 3.05) is 21.3 Å². The highest BCUT2D eigenvalue weighted by Crippen LogP contribution is 2.44. The zero-order valence-electron chi connectivity index (χ0n) is 13.6. The van der Waals surface area contributed by atoms with Crippen LogP contribution in [0.25, 0.3) is 0 Å². The molecule has 0 aromatic heterocycles. The molecule has 2 unspecified atom stereocenters. The number of benzene rings is 1. The lowest BCUT2D eigenvalue weighted by molar-refractivity contribution is -0.150. The summed E-state index contributed by atoms with van der Waals surface area (Å²) in [5.74, 6) is 0.987. The van der Waals surface area contributed by atoms with Crippen LogP contribution in [-0.2, 0) is 20.7 Å². The molecular weight excluding hydrogens is 298 g/mol. The molecule has 23 heavy (non-hydrogen) atoms. The van der Waals surface area contributed by atoms with Gasteiger partial charge in [0.15, 0.2) is 11.5 Å². The van der Waals surface area contributed by atoms with E-state index < -0.39 is 6.04 Å². The van der Waals surface area contributed by atoms with Gasteiger partial charge in [-0.3, -0.25) is 4.79 Å². The first-order valence-corrected chi connectivity index (χ1v) is 7.74. The van der Waals surface area contributed by atoms with E-state index in [9.17, 15) is 9.59 Å². The maximum Gasteiger partial charge on any atom is 0.328 e. The number of hydrogen-bond acceptors (Lipinski definition) is 5. The predicted molar refractivity (Wildman–Crippen MR) is 82.5 cm³/mol. The van der Waals surface area contributed by atoms with Crippen LogP contribution < -0.4 is 9.47 Å². The van der Waals surface area contributed by atoms with Gasteiger partial charge in [-0.05, 0) is 42.5 Å². The smallest absolute Gasteiger partial charge is 0.328 e. The van der Waals surface area contributed by atoms with Crippen molar-refractivity contribution in [1.29, 1.82) is 0 Å². The molecule has 1 aromatic carbocycles. The van der Waals surface area contributed by atoms with Crippen LogP contribution in [0.1, 0.15) is 36.4 Å². The van der Waals surface area contributed by atoms with Crippen molar-refractivity contribution < 1.29 is 23.8 Å². The largest absolute Gasteiger partial charge is 0.493 e. The third kappa shape index (κ3) is 2.52. The number of amides is 1. The molecule has 1 aliphatic heterocycles. The van der Waals surface area contributed by atoms with Crippen molar-refractivity contribution in [3.05, 3.63) is 23.3 Å². The number of aryl methyl sites for hydroxylation is 1. The monoisotopic (exact) mass is 319 g/mol. The van der Waals surface area contributed by atoms with Crippen LogP contribution in [0, 0.1) is 0 Å². The molecule has 1 amide bonds. The van der Waals surface area contributed by atoms with E-state index >= 15 is 0 Å². The van der Waals surface area contributed by atoms with E-state index in [1.165, 1.54) is 7.11 Å².